The van der Waals surface area contributed by atoms with Crippen molar-refractivity contribution in [3.05, 3.63) is 0 Å². The van der Waals surface area contributed by atoms with Crippen LogP contribution in [0, 0.1) is 0 Å². The van der Waals surface area contributed by atoms with E-state index in [-0.39, 0.29) is 5.50 Å². The fourth-order valence-electron chi connectivity index (χ4n) is 1.20. The summed E-state index contributed by atoms with van der Waals surface area (Å²) in [6.45, 7) is 5.27. The summed E-state index contributed by atoms with van der Waals surface area (Å²) in [7, 11) is 2.01. The second-order valence-electron chi connectivity index (χ2n) is 2.55. The van der Waals surface area contributed by atoms with Crippen LogP contribution in [0.25, 0.3) is 0 Å². The zero-order valence-electron chi connectivity index (χ0n) is 6.66. The molecule has 0 aromatic rings. The van der Waals surface area contributed by atoms with Gasteiger partial charge in [-0.2, -0.15) is 0 Å². The van der Waals surface area contributed by atoms with Gasteiger partial charge in [0.15, 0.2) is 0 Å². The lowest BCUT2D eigenvalue weighted by atomic mass is 10.5. The molecule has 3 nitrogen and oxygen atoms in total. The summed E-state index contributed by atoms with van der Waals surface area (Å²) in [6.07, 6.45) is 0.424. The number of hydrogen-bond acceptors (Lipinski definition) is 4. The van der Waals surface area contributed by atoms with Gasteiger partial charge in [0.25, 0.3) is 0 Å². The van der Waals surface area contributed by atoms with Crippen molar-refractivity contribution >= 4 is 12.6 Å². The molecular formula is C6H14N3S-. The molecule has 0 aromatic heterocycles. The maximum atomic E-state index is 5.15. The number of rotatable bonds is 1. The van der Waals surface area contributed by atoms with Crippen LogP contribution in [-0.2, 0) is 12.6 Å². The second kappa shape index (κ2) is 3.09. The van der Waals surface area contributed by atoms with Gasteiger partial charge >= 0.3 is 0 Å². The number of nitrogens with one attached hydrogen (secondary N) is 1. The Kier molecular flexibility index (Phi) is 2.57. The minimum atomic E-state index is 0.0741. The van der Waals surface area contributed by atoms with Crippen LogP contribution >= 0.6 is 0 Å². The van der Waals surface area contributed by atoms with E-state index in [0.29, 0.717) is 6.17 Å². The predicted molar refractivity (Wildman–Crippen MR) is 43.9 cm³/mol. The highest BCUT2D eigenvalue weighted by Gasteiger charge is 2.24. The van der Waals surface area contributed by atoms with Crippen molar-refractivity contribution in [2.45, 2.75) is 25.5 Å². The van der Waals surface area contributed by atoms with Crippen molar-refractivity contribution in [1.29, 1.82) is 0 Å². The lowest BCUT2D eigenvalue weighted by Gasteiger charge is -2.29. The van der Waals surface area contributed by atoms with E-state index in [4.69, 9.17) is 12.6 Å². The van der Waals surface area contributed by atoms with Crippen molar-refractivity contribution in [1.82, 2.24) is 15.3 Å². The highest BCUT2D eigenvalue weighted by Crippen LogP contribution is 2.11. The highest BCUT2D eigenvalue weighted by molar-refractivity contribution is 7.59. The maximum absolute atomic E-state index is 5.15. The van der Waals surface area contributed by atoms with E-state index >= 15 is 0 Å². The Labute approximate surface area is 67.8 Å². The lowest BCUT2D eigenvalue weighted by Crippen LogP contribution is -2.36. The Morgan fingerprint density at radius 2 is 2.20 bits per heavy atom. The Morgan fingerprint density at radius 3 is 2.40 bits per heavy atom. The van der Waals surface area contributed by atoms with E-state index in [9.17, 15) is 0 Å². The monoisotopic (exact) mass is 160 g/mol. The maximum Gasteiger partial charge on any atom is 0.0722 e. The molecule has 0 aliphatic carbocycles. The van der Waals surface area contributed by atoms with Crippen LogP contribution in [0.1, 0.15) is 13.8 Å². The van der Waals surface area contributed by atoms with Crippen LogP contribution in [0.4, 0.5) is 0 Å². The summed E-state index contributed by atoms with van der Waals surface area (Å²) in [5.74, 6) is 0. The molecule has 0 saturated carbocycles. The molecule has 2 unspecified atom stereocenters. The third kappa shape index (κ3) is 1.29. The molecule has 10 heavy (non-hydrogen) atoms. The minimum absolute atomic E-state index is 0.0741. The first-order valence-electron chi connectivity index (χ1n) is 3.57. The molecule has 1 N–H and O–H groups in total. The van der Waals surface area contributed by atoms with Gasteiger partial charge in [0.2, 0.25) is 0 Å². The fourth-order valence-corrected chi connectivity index (χ4v) is 1.70. The quantitative estimate of drug-likeness (QED) is 0.541. The molecule has 1 heterocycles. The van der Waals surface area contributed by atoms with E-state index in [2.05, 4.69) is 24.2 Å². The smallest absolute Gasteiger partial charge is 0.0722 e. The highest BCUT2D eigenvalue weighted by atomic mass is 32.1. The van der Waals surface area contributed by atoms with Crippen LogP contribution in [0.15, 0.2) is 0 Å². The van der Waals surface area contributed by atoms with Gasteiger partial charge < -0.3 is 12.6 Å². The van der Waals surface area contributed by atoms with Gasteiger partial charge in [-0.15, -0.1) is 0 Å². The van der Waals surface area contributed by atoms with Gasteiger partial charge in [-0.1, -0.05) is 6.92 Å². The van der Waals surface area contributed by atoms with Crippen molar-refractivity contribution in [3.63, 3.8) is 0 Å². The molecule has 0 aromatic carbocycles. The van der Waals surface area contributed by atoms with Crippen LogP contribution < -0.4 is 5.43 Å². The van der Waals surface area contributed by atoms with E-state index in [1.54, 1.807) is 0 Å². The molecule has 2 atom stereocenters. The molecule has 0 bridgehead atoms. The fraction of sp³-hybridized carbons (Fsp3) is 1.00. The van der Waals surface area contributed by atoms with Crippen LogP contribution in [0.3, 0.4) is 0 Å². The van der Waals surface area contributed by atoms with Gasteiger partial charge in [0.1, 0.15) is 0 Å². The van der Waals surface area contributed by atoms with Crippen LogP contribution in [0.2, 0.25) is 0 Å². The predicted octanol–water partition coefficient (Wildman–Crippen LogP) is -0.0652. The molecule has 0 amide bonds. The minimum Gasteiger partial charge on any atom is -0.757 e. The first-order valence-corrected chi connectivity index (χ1v) is 4.04. The molecule has 1 saturated heterocycles. The summed E-state index contributed by atoms with van der Waals surface area (Å²) in [4.78, 5) is 2.22. The molecule has 0 spiro atoms. The van der Waals surface area contributed by atoms with E-state index in [0.717, 1.165) is 6.54 Å². The first-order chi connectivity index (χ1) is 4.66. The molecule has 4 heteroatoms. The average Bonchev–Trinajstić information content (AvgIpc) is 2.09. The van der Waals surface area contributed by atoms with Gasteiger partial charge in [-0.3, -0.25) is 10.3 Å². The zero-order valence-corrected chi connectivity index (χ0v) is 7.48. The first kappa shape index (κ1) is 8.33. The van der Waals surface area contributed by atoms with E-state index < -0.39 is 0 Å². The summed E-state index contributed by atoms with van der Waals surface area (Å²) in [5, 5.41) is 2.04. The summed E-state index contributed by atoms with van der Waals surface area (Å²) in [5.41, 5.74) is 3.22. The largest absolute Gasteiger partial charge is 0.757 e. The van der Waals surface area contributed by atoms with Gasteiger partial charge in [-0.25, -0.2) is 5.01 Å². The summed E-state index contributed by atoms with van der Waals surface area (Å²) >= 11 is 5.15. The molecule has 60 valence electrons. The Hall–Kier alpha value is 0.230. The molecule has 1 aliphatic heterocycles. The van der Waals surface area contributed by atoms with Crippen LogP contribution in [0.5, 0.6) is 0 Å². The summed E-state index contributed by atoms with van der Waals surface area (Å²) in [6, 6.07) is 0. The van der Waals surface area contributed by atoms with E-state index in [1.807, 2.05) is 12.1 Å². The van der Waals surface area contributed by atoms with Crippen molar-refractivity contribution in [3.8, 4) is 0 Å². The number of nitrogens with zero attached hydrogens (tertiary/aromatic N) is 2. The Morgan fingerprint density at radius 1 is 1.60 bits per heavy atom. The third-order valence-corrected chi connectivity index (χ3v) is 2.40. The normalized spacial score (nSPS) is 37.2. The average molecular weight is 160 g/mol. The van der Waals surface area contributed by atoms with Gasteiger partial charge in [0, 0.05) is 7.05 Å². The zero-order chi connectivity index (χ0) is 7.72. The van der Waals surface area contributed by atoms with Crippen molar-refractivity contribution < 1.29 is 0 Å². The molecule has 1 fully saturated rings. The second-order valence-corrected chi connectivity index (χ2v) is 3.00. The van der Waals surface area contributed by atoms with E-state index in [1.165, 1.54) is 0 Å². The number of hydrazine groups is 1. The summed E-state index contributed by atoms with van der Waals surface area (Å²) < 4.78 is 0. The lowest BCUT2D eigenvalue weighted by molar-refractivity contribution is 0.166. The Balaban J connectivity index is 2.55. The standard InChI is InChI=1S/C6H15N3S/c1-4-9-5(2)8(3)7-6(9)10/h5-7,10H,4H2,1-3H3/p-1. The molecule has 1 aliphatic rings. The number of hydrogen-bond donors (Lipinski definition) is 1. The van der Waals surface area contributed by atoms with Crippen molar-refractivity contribution in [2.24, 2.45) is 0 Å². The topological polar surface area (TPSA) is 18.5 Å². The third-order valence-electron chi connectivity index (χ3n) is 2.02. The Bertz CT molecular complexity index is 120. The van der Waals surface area contributed by atoms with Gasteiger partial charge in [-0.05, 0) is 19.0 Å². The molecular weight excluding hydrogens is 146 g/mol. The SMILES string of the molecule is CCN1C([S-])NN(C)C1C. The molecule has 0 radical (unpaired) electrons. The van der Waals surface area contributed by atoms with Gasteiger partial charge in [0.05, 0.1) is 6.17 Å². The van der Waals surface area contributed by atoms with Crippen LogP contribution in [-0.4, -0.2) is 35.2 Å². The van der Waals surface area contributed by atoms with Crippen molar-refractivity contribution in [2.75, 3.05) is 13.6 Å². The molecule has 1 rings (SSSR count).